The predicted molar refractivity (Wildman–Crippen MR) is 59.6 cm³/mol. The normalized spacial score (nSPS) is 10.1. The molecule has 0 saturated heterocycles. The summed E-state index contributed by atoms with van der Waals surface area (Å²) in [7, 11) is 0. The van der Waals surface area contributed by atoms with Crippen molar-refractivity contribution in [2.75, 3.05) is 6.54 Å². The molecule has 1 rings (SSSR count). The summed E-state index contributed by atoms with van der Waals surface area (Å²) >= 11 is 0. The first-order chi connectivity index (χ1) is 7.65. The minimum absolute atomic E-state index is 0.0625. The van der Waals surface area contributed by atoms with Crippen LogP contribution in [0.2, 0.25) is 0 Å². The van der Waals surface area contributed by atoms with Crippen LogP contribution in [-0.4, -0.2) is 11.5 Å². The fourth-order valence-electron chi connectivity index (χ4n) is 1.30. The predicted octanol–water partition coefficient (Wildman–Crippen LogP) is 2.40. The Balaban J connectivity index is 2.72. The maximum Gasteiger partial charge on any atom is 0.274 e. The van der Waals surface area contributed by atoms with Gasteiger partial charge in [0.15, 0.2) is 0 Å². The summed E-state index contributed by atoms with van der Waals surface area (Å²) in [5, 5.41) is 13.6. The second-order valence-corrected chi connectivity index (χ2v) is 3.28. The highest BCUT2D eigenvalue weighted by Crippen LogP contribution is 2.19. The standard InChI is InChI=1S/C11H13FN2O2/c1-2-3-6-13-8-9-7-10(12)4-5-11(9)14(15)16/h2,4-5,7,13H,1,3,6,8H2. The third-order valence-electron chi connectivity index (χ3n) is 2.08. The number of benzene rings is 1. The van der Waals surface area contributed by atoms with Gasteiger partial charge in [-0.25, -0.2) is 4.39 Å². The van der Waals surface area contributed by atoms with Gasteiger partial charge in [0, 0.05) is 18.2 Å². The molecule has 1 N–H and O–H groups in total. The van der Waals surface area contributed by atoms with Gasteiger partial charge < -0.3 is 5.32 Å². The van der Waals surface area contributed by atoms with E-state index in [0.717, 1.165) is 12.5 Å². The summed E-state index contributed by atoms with van der Waals surface area (Å²) in [6, 6.07) is 3.45. The Bertz CT molecular complexity index is 394. The molecule has 0 heterocycles. The van der Waals surface area contributed by atoms with Crippen LogP contribution < -0.4 is 5.32 Å². The molecule has 0 aliphatic carbocycles. The van der Waals surface area contributed by atoms with Crippen LogP contribution in [0, 0.1) is 15.9 Å². The van der Waals surface area contributed by atoms with Gasteiger partial charge in [0.2, 0.25) is 0 Å². The van der Waals surface area contributed by atoms with Gasteiger partial charge in [0.05, 0.1) is 4.92 Å². The molecule has 0 aromatic heterocycles. The Labute approximate surface area is 92.9 Å². The van der Waals surface area contributed by atoms with Gasteiger partial charge in [0.1, 0.15) is 5.82 Å². The molecule has 16 heavy (non-hydrogen) atoms. The van der Waals surface area contributed by atoms with Crippen molar-refractivity contribution >= 4 is 5.69 Å². The quantitative estimate of drug-likeness (QED) is 0.349. The van der Waals surface area contributed by atoms with Crippen molar-refractivity contribution in [3.63, 3.8) is 0 Å². The number of nitrogens with one attached hydrogen (secondary N) is 1. The molecule has 0 radical (unpaired) electrons. The molecule has 0 spiro atoms. The molecule has 0 bridgehead atoms. The summed E-state index contributed by atoms with van der Waals surface area (Å²) in [4.78, 5) is 10.2. The van der Waals surface area contributed by atoms with Gasteiger partial charge in [-0.2, -0.15) is 0 Å². The molecule has 0 saturated carbocycles. The molecular formula is C11H13FN2O2. The maximum atomic E-state index is 12.9. The Hall–Kier alpha value is -1.75. The highest BCUT2D eigenvalue weighted by atomic mass is 19.1. The van der Waals surface area contributed by atoms with E-state index in [9.17, 15) is 14.5 Å². The van der Waals surface area contributed by atoms with Crippen molar-refractivity contribution < 1.29 is 9.31 Å². The number of hydrogen-bond donors (Lipinski definition) is 1. The summed E-state index contributed by atoms with van der Waals surface area (Å²) in [5.41, 5.74) is 0.293. The molecule has 5 heteroatoms. The summed E-state index contributed by atoms with van der Waals surface area (Å²) in [6.45, 7) is 4.50. The Morgan fingerprint density at radius 3 is 2.94 bits per heavy atom. The molecule has 4 nitrogen and oxygen atoms in total. The van der Waals surface area contributed by atoms with Crippen molar-refractivity contribution in [2.24, 2.45) is 0 Å². The average Bonchev–Trinajstić information content (AvgIpc) is 2.24. The van der Waals surface area contributed by atoms with Crippen LogP contribution in [0.15, 0.2) is 30.9 Å². The molecule has 0 aliphatic rings. The minimum atomic E-state index is -0.510. The zero-order chi connectivity index (χ0) is 12.0. The van der Waals surface area contributed by atoms with Crippen LogP contribution in [0.25, 0.3) is 0 Å². The zero-order valence-corrected chi connectivity index (χ0v) is 8.78. The zero-order valence-electron chi connectivity index (χ0n) is 8.78. The number of nitro benzene ring substituents is 1. The molecule has 1 aromatic rings. The van der Waals surface area contributed by atoms with Gasteiger partial charge in [-0.1, -0.05) is 6.08 Å². The van der Waals surface area contributed by atoms with Crippen LogP contribution >= 0.6 is 0 Å². The third kappa shape index (κ3) is 3.43. The largest absolute Gasteiger partial charge is 0.312 e. The van der Waals surface area contributed by atoms with Crippen molar-refractivity contribution in [1.82, 2.24) is 5.32 Å². The van der Waals surface area contributed by atoms with E-state index in [2.05, 4.69) is 11.9 Å². The number of rotatable bonds is 6. The Morgan fingerprint density at radius 1 is 1.56 bits per heavy atom. The van der Waals surface area contributed by atoms with Crippen LogP contribution in [0.1, 0.15) is 12.0 Å². The Kier molecular flexibility index (Phi) is 4.60. The van der Waals surface area contributed by atoms with Crippen LogP contribution in [0.4, 0.5) is 10.1 Å². The lowest BCUT2D eigenvalue weighted by molar-refractivity contribution is -0.385. The maximum absolute atomic E-state index is 12.9. The highest BCUT2D eigenvalue weighted by Gasteiger charge is 2.13. The second-order valence-electron chi connectivity index (χ2n) is 3.28. The number of nitro groups is 1. The van der Waals surface area contributed by atoms with Crippen molar-refractivity contribution in [3.8, 4) is 0 Å². The van der Waals surface area contributed by atoms with Gasteiger partial charge >= 0.3 is 0 Å². The third-order valence-corrected chi connectivity index (χ3v) is 2.08. The number of nitrogens with zero attached hydrogens (tertiary/aromatic N) is 1. The van der Waals surface area contributed by atoms with Crippen LogP contribution in [0.5, 0.6) is 0 Å². The van der Waals surface area contributed by atoms with Crippen molar-refractivity contribution in [1.29, 1.82) is 0 Å². The molecule has 0 fully saturated rings. The van der Waals surface area contributed by atoms with Gasteiger partial charge in [0.25, 0.3) is 5.69 Å². The lowest BCUT2D eigenvalue weighted by Crippen LogP contribution is -2.15. The van der Waals surface area contributed by atoms with Gasteiger partial charge in [-0.05, 0) is 25.1 Å². The summed E-state index contributed by atoms with van der Waals surface area (Å²) < 4.78 is 12.9. The number of hydrogen-bond acceptors (Lipinski definition) is 3. The molecule has 0 aliphatic heterocycles. The smallest absolute Gasteiger partial charge is 0.274 e. The van der Waals surface area contributed by atoms with Gasteiger partial charge in [-0.3, -0.25) is 10.1 Å². The fraction of sp³-hybridized carbons (Fsp3) is 0.273. The SMILES string of the molecule is C=CCCNCc1cc(F)ccc1[N+](=O)[O-]. The molecule has 0 atom stereocenters. The molecule has 1 aromatic carbocycles. The topological polar surface area (TPSA) is 55.2 Å². The first-order valence-electron chi connectivity index (χ1n) is 4.89. The number of halogens is 1. The van der Waals surface area contributed by atoms with Crippen molar-refractivity contribution in [3.05, 3.63) is 52.3 Å². The van der Waals surface area contributed by atoms with E-state index in [1.807, 2.05) is 0 Å². The van der Waals surface area contributed by atoms with E-state index in [1.54, 1.807) is 6.08 Å². The molecule has 86 valence electrons. The lowest BCUT2D eigenvalue weighted by Gasteiger charge is -2.04. The van der Waals surface area contributed by atoms with Crippen molar-refractivity contribution in [2.45, 2.75) is 13.0 Å². The second kappa shape index (κ2) is 5.97. The first kappa shape index (κ1) is 12.3. The molecule has 0 amide bonds. The van der Waals surface area contributed by atoms with E-state index in [-0.39, 0.29) is 12.2 Å². The van der Waals surface area contributed by atoms with Gasteiger partial charge in [-0.15, -0.1) is 6.58 Å². The van der Waals surface area contributed by atoms with E-state index < -0.39 is 10.7 Å². The summed E-state index contributed by atoms with van der Waals surface area (Å²) in [6.07, 6.45) is 2.51. The summed E-state index contributed by atoms with van der Waals surface area (Å²) in [5.74, 6) is -0.467. The average molecular weight is 224 g/mol. The highest BCUT2D eigenvalue weighted by molar-refractivity contribution is 5.40. The van der Waals surface area contributed by atoms with E-state index in [4.69, 9.17) is 0 Å². The molecule has 0 unspecified atom stereocenters. The first-order valence-corrected chi connectivity index (χ1v) is 4.89. The van der Waals surface area contributed by atoms with Crippen LogP contribution in [-0.2, 0) is 6.54 Å². The fourth-order valence-corrected chi connectivity index (χ4v) is 1.30. The van der Waals surface area contributed by atoms with E-state index >= 15 is 0 Å². The molecular weight excluding hydrogens is 211 g/mol. The lowest BCUT2D eigenvalue weighted by atomic mass is 10.1. The Morgan fingerprint density at radius 2 is 2.31 bits per heavy atom. The van der Waals surface area contributed by atoms with E-state index in [0.29, 0.717) is 12.1 Å². The monoisotopic (exact) mass is 224 g/mol. The van der Waals surface area contributed by atoms with Crippen LogP contribution in [0.3, 0.4) is 0 Å². The van der Waals surface area contributed by atoms with E-state index in [1.165, 1.54) is 12.1 Å². The minimum Gasteiger partial charge on any atom is -0.312 e.